The van der Waals surface area contributed by atoms with Crippen molar-refractivity contribution in [3.8, 4) is 11.9 Å². The van der Waals surface area contributed by atoms with Crippen molar-refractivity contribution < 1.29 is 13.5 Å². The largest absolute Gasteiger partial charge is 0.490 e. The molecule has 0 aliphatic rings. The molecule has 2 rings (SSSR count). The van der Waals surface area contributed by atoms with E-state index in [1.54, 1.807) is 30.5 Å². The van der Waals surface area contributed by atoms with E-state index in [0.717, 1.165) is 0 Å². The minimum Gasteiger partial charge on any atom is -0.490 e. The number of para-hydroxylation sites is 1. The number of ether oxygens (including phenoxy) is 1. The summed E-state index contributed by atoms with van der Waals surface area (Å²) < 4.78 is 33.0. The lowest BCUT2D eigenvalue weighted by Crippen LogP contribution is -2.03. The Bertz CT molecular complexity index is 776. The van der Waals surface area contributed by atoms with Crippen LogP contribution in [0.1, 0.15) is 5.56 Å². The minimum atomic E-state index is -0.429. The Hall–Kier alpha value is -1.75. The molecule has 0 aromatic heterocycles. The Morgan fingerprint density at radius 3 is 2.60 bits per heavy atom. The molecule has 2 aromatic rings. The molecule has 0 radical (unpaired) electrons. The molecule has 8 heteroatoms. The fourth-order valence-electron chi connectivity index (χ4n) is 1.79. The highest BCUT2D eigenvalue weighted by Crippen LogP contribution is 2.27. The summed E-state index contributed by atoms with van der Waals surface area (Å²) in [6.45, 7) is 0.247. The molecule has 0 unspecified atom stereocenters. The number of nitriles is 1. The number of thioether (sulfide) groups is 2. The molecule has 3 nitrogen and oxygen atoms in total. The Morgan fingerprint density at radius 2 is 1.88 bits per heavy atom. The second kappa shape index (κ2) is 10.3. The van der Waals surface area contributed by atoms with Crippen LogP contribution in [0.15, 0.2) is 47.5 Å². The summed E-state index contributed by atoms with van der Waals surface area (Å²) in [5.41, 5.74) is 0.364. The fourth-order valence-corrected chi connectivity index (χ4v) is 3.98. The van der Waals surface area contributed by atoms with Gasteiger partial charge in [-0.3, -0.25) is 0 Å². The maximum Gasteiger partial charge on any atom is 0.207 e. The van der Waals surface area contributed by atoms with Crippen LogP contribution < -0.4 is 4.74 Å². The van der Waals surface area contributed by atoms with E-state index in [1.165, 1.54) is 41.7 Å². The summed E-state index contributed by atoms with van der Waals surface area (Å²) in [5.74, 6) is 0.0684. The Morgan fingerprint density at radius 1 is 1.12 bits per heavy atom. The zero-order chi connectivity index (χ0) is 18.1. The van der Waals surface area contributed by atoms with Gasteiger partial charge in [-0.05, 0) is 24.3 Å². The van der Waals surface area contributed by atoms with Crippen LogP contribution in [0, 0.1) is 23.1 Å². The van der Waals surface area contributed by atoms with E-state index in [1.807, 2.05) is 0 Å². The number of hydrogen-bond donors (Lipinski definition) is 0. The summed E-state index contributed by atoms with van der Waals surface area (Å²) in [6, 6.07) is 10.6. The van der Waals surface area contributed by atoms with Gasteiger partial charge in [-0.25, -0.2) is 8.78 Å². The number of aliphatic imine (C=N–C) groups is 1. The third-order valence-corrected chi connectivity index (χ3v) is 5.49. The molecule has 0 saturated carbocycles. The molecule has 0 aliphatic heterocycles. The zero-order valence-electron chi connectivity index (χ0n) is 12.9. The van der Waals surface area contributed by atoms with Crippen LogP contribution in [0.2, 0.25) is 5.02 Å². The number of benzene rings is 2. The lowest BCUT2D eigenvalue weighted by molar-refractivity contribution is 0.325. The van der Waals surface area contributed by atoms with E-state index in [2.05, 4.69) is 4.99 Å². The van der Waals surface area contributed by atoms with Crippen LogP contribution in [0.3, 0.4) is 0 Å². The summed E-state index contributed by atoms with van der Waals surface area (Å²) in [6.07, 6.45) is 1.72. The van der Waals surface area contributed by atoms with Gasteiger partial charge in [0.2, 0.25) is 6.19 Å². The lowest BCUT2D eigenvalue weighted by atomic mass is 10.2. The molecule has 0 atom stereocenters. The third kappa shape index (κ3) is 6.24. The van der Waals surface area contributed by atoms with E-state index < -0.39 is 11.6 Å². The molecular weight excluding hydrogens is 386 g/mol. The molecule has 0 N–H and O–H groups in total. The van der Waals surface area contributed by atoms with Crippen LogP contribution in [0.4, 0.5) is 8.78 Å². The molecule has 0 bridgehead atoms. The molecule has 25 heavy (non-hydrogen) atoms. The molecule has 0 spiro atoms. The van der Waals surface area contributed by atoms with E-state index in [4.69, 9.17) is 21.6 Å². The van der Waals surface area contributed by atoms with Gasteiger partial charge in [0.1, 0.15) is 10.2 Å². The van der Waals surface area contributed by atoms with Crippen molar-refractivity contribution in [2.75, 3.05) is 12.4 Å². The first kappa shape index (κ1) is 19.6. The van der Waals surface area contributed by atoms with Gasteiger partial charge in [0.25, 0.3) is 0 Å². The van der Waals surface area contributed by atoms with Crippen LogP contribution in [0.25, 0.3) is 0 Å². The van der Waals surface area contributed by atoms with Crippen molar-refractivity contribution in [3.05, 3.63) is 64.7 Å². The van der Waals surface area contributed by atoms with Gasteiger partial charge in [0.15, 0.2) is 11.6 Å². The normalized spacial score (nSPS) is 11.2. The van der Waals surface area contributed by atoms with Crippen molar-refractivity contribution in [1.29, 1.82) is 5.26 Å². The van der Waals surface area contributed by atoms with Gasteiger partial charge >= 0.3 is 0 Å². The molecule has 0 aliphatic carbocycles. The number of nitrogens with zero attached hydrogens (tertiary/aromatic N) is 2. The minimum absolute atomic E-state index is 0.174. The molecular formula is C17H13ClF2N2OS2. The smallest absolute Gasteiger partial charge is 0.207 e. The van der Waals surface area contributed by atoms with Crippen LogP contribution in [0.5, 0.6) is 5.75 Å². The topological polar surface area (TPSA) is 45.4 Å². The van der Waals surface area contributed by atoms with Gasteiger partial charge in [-0.1, -0.05) is 53.3 Å². The van der Waals surface area contributed by atoms with Gasteiger partial charge in [-0.15, -0.1) is 0 Å². The highest BCUT2D eigenvalue weighted by Gasteiger charge is 2.10. The molecule has 130 valence electrons. The molecule has 0 heterocycles. The number of halogens is 3. The Balaban J connectivity index is 1.84. The maximum atomic E-state index is 13.8. The van der Waals surface area contributed by atoms with E-state index in [-0.39, 0.29) is 18.1 Å². The first-order chi connectivity index (χ1) is 12.1. The number of rotatable bonds is 6. The van der Waals surface area contributed by atoms with Crippen LogP contribution in [-0.2, 0) is 5.75 Å². The lowest BCUT2D eigenvalue weighted by Gasteiger charge is -2.08. The summed E-state index contributed by atoms with van der Waals surface area (Å²) in [4.78, 5) is 3.71. The fraction of sp³-hybridized carbons (Fsp3) is 0.176. The maximum absolute atomic E-state index is 13.8. The first-order valence-corrected chi connectivity index (χ1v) is 9.49. The Kier molecular flexibility index (Phi) is 8.06. The highest BCUT2D eigenvalue weighted by atomic mass is 35.5. The quantitative estimate of drug-likeness (QED) is 0.279. The predicted octanol–water partition coefficient (Wildman–Crippen LogP) is 5.50. The van der Waals surface area contributed by atoms with Gasteiger partial charge in [0.05, 0.1) is 6.61 Å². The highest BCUT2D eigenvalue weighted by molar-refractivity contribution is 8.38. The predicted molar refractivity (Wildman–Crippen MR) is 100 cm³/mol. The van der Waals surface area contributed by atoms with Crippen molar-refractivity contribution >= 4 is 39.5 Å². The standard InChI is InChI=1S/C17H13ClF2N2OS2/c18-13-4-3-6-14(19)12(13)10-25-17(22-11-21)24-9-8-23-16-7-2-1-5-15(16)20/h1-7H,8-10H2. The average Bonchev–Trinajstić information content (AvgIpc) is 2.59. The monoisotopic (exact) mass is 398 g/mol. The molecule has 2 aromatic carbocycles. The van der Waals surface area contributed by atoms with Crippen molar-refractivity contribution in [3.63, 3.8) is 0 Å². The van der Waals surface area contributed by atoms with E-state index >= 15 is 0 Å². The Labute approximate surface area is 158 Å². The van der Waals surface area contributed by atoms with Crippen LogP contribution in [-0.4, -0.2) is 16.7 Å². The molecule has 0 saturated heterocycles. The summed E-state index contributed by atoms with van der Waals surface area (Å²) >= 11 is 8.47. The summed E-state index contributed by atoms with van der Waals surface area (Å²) in [5, 5.41) is 9.10. The van der Waals surface area contributed by atoms with Crippen molar-refractivity contribution in [2.45, 2.75) is 5.75 Å². The first-order valence-electron chi connectivity index (χ1n) is 7.14. The molecule has 0 fully saturated rings. The van der Waals surface area contributed by atoms with Crippen molar-refractivity contribution in [1.82, 2.24) is 0 Å². The van der Waals surface area contributed by atoms with Gasteiger partial charge < -0.3 is 4.74 Å². The number of hydrogen-bond acceptors (Lipinski definition) is 5. The molecule has 0 amide bonds. The van der Waals surface area contributed by atoms with Crippen LogP contribution >= 0.6 is 35.1 Å². The second-order valence-corrected chi connectivity index (χ2v) is 7.31. The average molecular weight is 399 g/mol. The van der Waals surface area contributed by atoms with E-state index in [9.17, 15) is 8.78 Å². The third-order valence-electron chi connectivity index (χ3n) is 2.95. The SMILES string of the molecule is N#CN=C(SCCOc1ccccc1F)SCc1c(F)cccc1Cl. The second-order valence-electron chi connectivity index (χ2n) is 4.59. The van der Waals surface area contributed by atoms with Crippen molar-refractivity contribution in [2.24, 2.45) is 4.99 Å². The zero-order valence-corrected chi connectivity index (χ0v) is 15.3. The van der Waals surface area contributed by atoms with Gasteiger partial charge in [0, 0.05) is 22.1 Å². The summed E-state index contributed by atoms with van der Waals surface area (Å²) in [7, 11) is 0. The van der Waals surface area contributed by atoms with Gasteiger partial charge in [-0.2, -0.15) is 10.3 Å². The van der Waals surface area contributed by atoms with E-state index in [0.29, 0.717) is 20.7 Å².